The quantitative estimate of drug-likeness (QED) is 0.810. The zero-order valence-corrected chi connectivity index (χ0v) is 14.3. The van der Waals surface area contributed by atoms with Crippen LogP contribution in [0.5, 0.6) is 5.75 Å². The Morgan fingerprint density at radius 3 is 2.70 bits per heavy atom. The molecule has 0 fully saturated rings. The van der Waals surface area contributed by atoms with Crippen LogP contribution in [0.25, 0.3) is 0 Å². The highest BCUT2D eigenvalue weighted by Crippen LogP contribution is 2.39. The third-order valence-electron chi connectivity index (χ3n) is 3.60. The molecule has 0 saturated carbocycles. The molecule has 20 heavy (non-hydrogen) atoms. The Morgan fingerprint density at radius 2 is 1.95 bits per heavy atom. The van der Waals surface area contributed by atoms with E-state index in [0.717, 1.165) is 38.8 Å². The number of fused-ring (bicyclic) bond motifs is 1. The lowest BCUT2D eigenvalue weighted by Crippen LogP contribution is -2.14. The van der Waals surface area contributed by atoms with E-state index in [1.54, 1.807) is 0 Å². The summed E-state index contributed by atoms with van der Waals surface area (Å²) in [5.74, 6) is 0.952. The maximum Gasteiger partial charge on any atom is 0.127 e. The van der Waals surface area contributed by atoms with Gasteiger partial charge in [0.1, 0.15) is 5.75 Å². The molecule has 2 aromatic rings. The van der Waals surface area contributed by atoms with E-state index in [0.29, 0.717) is 0 Å². The summed E-state index contributed by atoms with van der Waals surface area (Å²) >= 11 is 7.18. The smallest absolute Gasteiger partial charge is 0.127 e. The minimum atomic E-state index is -0.200. The molecule has 1 heterocycles. The topological polar surface area (TPSA) is 35.2 Å². The van der Waals surface area contributed by atoms with Crippen molar-refractivity contribution in [3.8, 4) is 5.75 Å². The van der Waals surface area contributed by atoms with Crippen LogP contribution in [-0.4, -0.2) is 6.61 Å². The molecule has 0 saturated heterocycles. The van der Waals surface area contributed by atoms with Crippen molar-refractivity contribution >= 4 is 31.9 Å². The van der Waals surface area contributed by atoms with Crippen molar-refractivity contribution in [2.75, 3.05) is 6.61 Å². The van der Waals surface area contributed by atoms with Crippen LogP contribution in [0.3, 0.4) is 0 Å². The van der Waals surface area contributed by atoms with Gasteiger partial charge in [-0.25, -0.2) is 0 Å². The summed E-state index contributed by atoms with van der Waals surface area (Å²) in [6, 6.07) is 10.2. The first-order chi connectivity index (χ1) is 9.56. The Kier molecular flexibility index (Phi) is 3.89. The summed E-state index contributed by atoms with van der Waals surface area (Å²) in [6.45, 7) is 2.81. The number of hydrogen-bond donors (Lipinski definition) is 1. The van der Waals surface area contributed by atoms with Crippen molar-refractivity contribution in [2.24, 2.45) is 5.73 Å². The van der Waals surface area contributed by atoms with Crippen LogP contribution in [0.15, 0.2) is 39.3 Å². The highest BCUT2D eigenvalue weighted by Gasteiger charge is 2.23. The van der Waals surface area contributed by atoms with Gasteiger partial charge >= 0.3 is 0 Å². The van der Waals surface area contributed by atoms with Crippen LogP contribution in [0.2, 0.25) is 0 Å². The second kappa shape index (κ2) is 5.51. The monoisotopic (exact) mass is 395 g/mol. The fourth-order valence-corrected chi connectivity index (χ4v) is 3.84. The molecule has 0 bridgehead atoms. The fourth-order valence-electron chi connectivity index (χ4n) is 2.58. The van der Waals surface area contributed by atoms with E-state index in [1.165, 1.54) is 11.1 Å². The molecule has 104 valence electrons. The minimum absolute atomic E-state index is 0.200. The summed E-state index contributed by atoms with van der Waals surface area (Å²) in [7, 11) is 0. The van der Waals surface area contributed by atoms with E-state index in [9.17, 15) is 0 Å². The second-order valence-corrected chi connectivity index (χ2v) is 6.85. The zero-order chi connectivity index (χ0) is 14.3. The average molecular weight is 397 g/mol. The molecule has 0 amide bonds. The Balaban J connectivity index is 2.09. The van der Waals surface area contributed by atoms with Crippen LogP contribution in [0.1, 0.15) is 28.3 Å². The largest absolute Gasteiger partial charge is 0.493 e. The van der Waals surface area contributed by atoms with E-state index in [2.05, 4.69) is 69.1 Å². The SMILES string of the molecule is Cc1ccc(C(N)c2cc(Br)cc3c2OCC3)c(Br)c1. The number of rotatable bonds is 2. The lowest BCUT2D eigenvalue weighted by molar-refractivity contribution is 0.352. The second-order valence-electron chi connectivity index (χ2n) is 5.08. The first-order valence-electron chi connectivity index (χ1n) is 6.53. The highest BCUT2D eigenvalue weighted by molar-refractivity contribution is 9.10. The van der Waals surface area contributed by atoms with Crippen LogP contribution in [0.4, 0.5) is 0 Å². The molecule has 2 nitrogen and oxygen atoms in total. The van der Waals surface area contributed by atoms with Crippen molar-refractivity contribution in [3.63, 3.8) is 0 Å². The highest BCUT2D eigenvalue weighted by atomic mass is 79.9. The van der Waals surface area contributed by atoms with E-state index in [-0.39, 0.29) is 6.04 Å². The van der Waals surface area contributed by atoms with Gasteiger partial charge in [0.25, 0.3) is 0 Å². The van der Waals surface area contributed by atoms with Crippen molar-refractivity contribution in [1.82, 2.24) is 0 Å². The van der Waals surface area contributed by atoms with Crippen LogP contribution < -0.4 is 10.5 Å². The van der Waals surface area contributed by atoms with E-state index in [1.807, 2.05) is 0 Å². The lowest BCUT2D eigenvalue weighted by Gasteiger charge is -2.18. The first-order valence-corrected chi connectivity index (χ1v) is 8.11. The van der Waals surface area contributed by atoms with E-state index in [4.69, 9.17) is 10.5 Å². The number of nitrogens with two attached hydrogens (primary N) is 1. The molecule has 1 unspecified atom stereocenters. The van der Waals surface area contributed by atoms with Gasteiger partial charge in [0, 0.05) is 20.9 Å². The molecule has 1 aliphatic heterocycles. The summed E-state index contributed by atoms with van der Waals surface area (Å²) in [4.78, 5) is 0. The maximum absolute atomic E-state index is 6.48. The Bertz CT molecular complexity index is 670. The molecule has 0 aromatic heterocycles. The predicted octanol–water partition coefficient (Wildman–Crippen LogP) is 4.50. The van der Waals surface area contributed by atoms with Gasteiger partial charge in [0.05, 0.1) is 12.6 Å². The molecule has 2 aromatic carbocycles. The van der Waals surface area contributed by atoms with Gasteiger partial charge in [-0.2, -0.15) is 0 Å². The van der Waals surface area contributed by atoms with Gasteiger partial charge < -0.3 is 10.5 Å². The average Bonchev–Trinajstić information content (AvgIpc) is 2.85. The van der Waals surface area contributed by atoms with Crippen molar-refractivity contribution in [3.05, 3.63) is 61.5 Å². The van der Waals surface area contributed by atoms with Gasteiger partial charge in [0.2, 0.25) is 0 Å². The molecular weight excluding hydrogens is 382 g/mol. The summed E-state index contributed by atoms with van der Waals surface area (Å²) in [6.07, 6.45) is 0.948. The number of halogens is 2. The third-order valence-corrected chi connectivity index (χ3v) is 4.75. The van der Waals surface area contributed by atoms with Crippen molar-refractivity contribution in [2.45, 2.75) is 19.4 Å². The summed E-state index contributed by atoms with van der Waals surface area (Å²) in [5.41, 5.74) is 11.0. The number of aryl methyl sites for hydroxylation is 1. The maximum atomic E-state index is 6.48. The molecule has 0 radical (unpaired) electrons. The predicted molar refractivity (Wildman–Crippen MR) is 88.3 cm³/mol. The minimum Gasteiger partial charge on any atom is -0.493 e. The van der Waals surface area contributed by atoms with Gasteiger partial charge in [-0.05, 0) is 41.8 Å². The Morgan fingerprint density at radius 1 is 1.15 bits per heavy atom. The molecule has 0 spiro atoms. The number of ether oxygens (including phenoxy) is 1. The van der Waals surface area contributed by atoms with Gasteiger partial charge in [-0.1, -0.05) is 44.0 Å². The molecule has 0 aliphatic carbocycles. The molecule has 1 atom stereocenters. The molecular formula is C16H15Br2NO. The van der Waals surface area contributed by atoms with Crippen molar-refractivity contribution in [1.29, 1.82) is 0 Å². The zero-order valence-electron chi connectivity index (χ0n) is 11.1. The Hall–Kier alpha value is -0.840. The third kappa shape index (κ3) is 2.52. The number of hydrogen-bond acceptors (Lipinski definition) is 2. The van der Waals surface area contributed by atoms with Crippen LogP contribution in [0, 0.1) is 6.92 Å². The summed E-state index contributed by atoms with van der Waals surface area (Å²) in [5, 5.41) is 0. The molecule has 3 rings (SSSR count). The number of benzene rings is 2. The van der Waals surface area contributed by atoms with Crippen LogP contribution >= 0.6 is 31.9 Å². The fraction of sp³-hybridized carbons (Fsp3) is 0.250. The lowest BCUT2D eigenvalue weighted by atomic mass is 9.96. The Labute approximate surface area is 135 Å². The van der Waals surface area contributed by atoms with E-state index < -0.39 is 0 Å². The van der Waals surface area contributed by atoms with Gasteiger partial charge in [-0.3, -0.25) is 0 Å². The summed E-state index contributed by atoms with van der Waals surface area (Å²) < 4.78 is 7.86. The van der Waals surface area contributed by atoms with Crippen molar-refractivity contribution < 1.29 is 4.74 Å². The van der Waals surface area contributed by atoms with Gasteiger partial charge in [-0.15, -0.1) is 0 Å². The molecule has 4 heteroatoms. The van der Waals surface area contributed by atoms with E-state index >= 15 is 0 Å². The normalized spacial score (nSPS) is 14.8. The van der Waals surface area contributed by atoms with Crippen LogP contribution in [-0.2, 0) is 6.42 Å². The molecule has 2 N–H and O–H groups in total. The first kappa shape index (κ1) is 14.1. The standard InChI is InChI=1S/C16H15Br2NO/c1-9-2-3-12(14(18)6-9)15(19)13-8-11(17)7-10-4-5-20-16(10)13/h2-3,6-8,15H,4-5,19H2,1H3. The molecule has 1 aliphatic rings. The van der Waals surface area contributed by atoms with Gasteiger partial charge in [0.15, 0.2) is 0 Å².